The average molecular weight is 416 g/mol. The molecule has 2 N–H and O–H groups in total. The van der Waals surface area contributed by atoms with Crippen molar-refractivity contribution >= 4 is 35.1 Å². The van der Waals surface area contributed by atoms with Crippen molar-refractivity contribution < 1.29 is 23.9 Å². The highest BCUT2D eigenvalue weighted by molar-refractivity contribution is 6.33. The van der Waals surface area contributed by atoms with E-state index in [4.69, 9.17) is 21.1 Å². The first-order chi connectivity index (χ1) is 13.9. The zero-order valence-electron chi connectivity index (χ0n) is 15.5. The molecular formula is C20H18ClN3O5. The van der Waals surface area contributed by atoms with Gasteiger partial charge in [0.2, 0.25) is 12.7 Å². The maximum Gasteiger partial charge on any atom is 0.325 e. The molecule has 0 radical (unpaired) electrons. The fourth-order valence-corrected chi connectivity index (χ4v) is 3.55. The maximum absolute atomic E-state index is 12.9. The van der Waals surface area contributed by atoms with Crippen LogP contribution < -0.4 is 20.1 Å². The van der Waals surface area contributed by atoms with Crippen molar-refractivity contribution in [2.24, 2.45) is 0 Å². The van der Waals surface area contributed by atoms with E-state index in [1.165, 1.54) is 0 Å². The highest BCUT2D eigenvalue weighted by Crippen LogP contribution is 2.34. The molecule has 8 nitrogen and oxygen atoms in total. The number of ether oxygens (including phenoxy) is 2. The van der Waals surface area contributed by atoms with Gasteiger partial charge in [-0.15, -0.1) is 0 Å². The number of anilines is 1. The quantitative estimate of drug-likeness (QED) is 0.731. The lowest BCUT2D eigenvalue weighted by Crippen LogP contribution is -2.46. The highest BCUT2D eigenvalue weighted by atomic mass is 35.5. The first-order valence-corrected chi connectivity index (χ1v) is 9.30. The van der Waals surface area contributed by atoms with E-state index in [0.29, 0.717) is 22.2 Å². The van der Waals surface area contributed by atoms with Gasteiger partial charge in [0.25, 0.3) is 5.91 Å². The van der Waals surface area contributed by atoms with E-state index < -0.39 is 29.9 Å². The lowest BCUT2D eigenvalue weighted by molar-refractivity contribution is -0.133. The van der Waals surface area contributed by atoms with Crippen LogP contribution in [0.5, 0.6) is 11.5 Å². The third-order valence-corrected chi connectivity index (χ3v) is 5.12. The Morgan fingerprint density at radius 1 is 1.21 bits per heavy atom. The fourth-order valence-electron chi connectivity index (χ4n) is 3.37. The number of carbonyl (C=O) groups is 3. The van der Waals surface area contributed by atoms with Crippen LogP contribution in [0.25, 0.3) is 0 Å². The number of para-hydroxylation sites is 1. The molecule has 1 atom stereocenters. The number of fused-ring (bicyclic) bond motifs is 1. The van der Waals surface area contributed by atoms with Crippen molar-refractivity contribution in [3.8, 4) is 11.5 Å². The first-order valence-electron chi connectivity index (χ1n) is 8.93. The summed E-state index contributed by atoms with van der Waals surface area (Å²) in [4.78, 5) is 38.5. The molecule has 4 amide bonds. The zero-order chi connectivity index (χ0) is 20.6. The number of urea groups is 1. The summed E-state index contributed by atoms with van der Waals surface area (Å²) in [6, 6.07) is 11.5. The Labute approximate surface area is 171 Å². The number of nitrogens with zero attached hydrogens (tertiary/aromatic N) is 1. The van der Waals surface area contributed by atoms with Gasteiger partial charge in [-0.1, -0.05) is 29.8 Å². The van der Waals surface area contributed by atoms with Gasteiger partial charge in [-0.05, 0) is 36.8 Å². The molecule has 0 aliphatic carbocycles. The van der Waals surface area contributed by atoms with Gasteiger partial charge in [-0.2, -0.15) is 0 Å². The van der Waals surface area contributed by atoms with Crippen molar-refractivity contribution in [3.63, 3.8) is 0 Å². The molecule has 0 saturated carbocycles. The molecule has 0 bridgehead atoms. The number of carbonyl (C=O) groups excluding carboxylic acids is 3. The molecule has 1 fully saturated rings. The van der Waals surface area contributed by atoms with Gasteiger partial charge in [-0.25, -0.2) is 4.79 Å². The van der Waals surface area contributed by atoms with Crippen molar-refractivity contribution in [2.45, 2.75) is 18.9 Å². The summed E-state index contributed by atoms with van der Waals surface area (Å²) in [5.74, 6) is 0.237. The minimum atomic E-state index is -1.17. The van der Waals surface area contributed by atoms with Gasteiger partial charge >= 0.3 is 6.03 Å². The highest BCUT2D eigenvalue weighted by Gasteiger charge is 2.48. The summed E-state index contributed by atoms with van der Waals surface area (Å²) < 4.78 is 10.6. The van der Waals surface area contributed by atoms with Crippen LogP contribution in [-0.4, -0.2) is 41.6 Å². The smallest absolute Gasteiger partial charge is 0.325 e. The van der Waals surface area contributed by atoms with Crippen molar-refractivity contribution in [1.29, 1.82) is 0 Å². The average Bonchev–Trinajstić information content (AvgIpc) is 3.22. The van der Waals surface area contributed by atoms with Gasteiger partial charge in [0.05, 0.1) is 10.7 Å². The topological polar surface area (TPSA) is 97.0 Å². The number of amides is 4. The normalized spacial score (nSPS) is 20.0. The van der Waals surface area contributed by atoms with E-state index in [-0.39, 0.29) is 13.2 Å². The number of hydrogen-bond acceptors (Lipinski definition) is 5. The van der Waals surface area contributed by atoms with Gasteiger partial charge < -0.3 is 20.1 Å². The third-order valence-electron chi connectivity index (χ3n) is 4.79. The Kier molecular flexibility index (Phi) is 4.79. The van der Waals surface area contributed by atoms with Crippen LogP contribution in [0.1, 0.15) is 12.5 Å². The molecule has 4 rings (SSSR count). The van der Waals surface area contributed by atoms with Gasteiger partial charge in [0.15, 0.2) is 11.5 Å². The summed E-state index contributed by atoms with van der Waals surface area (Å²) in [7, 11) is 0. The van der Waals surface area contributed by atoms with Crippen LogP contribution in [0.15, 0.2) is 42.5 Å². The Morgan fingerprint density at radius 3 is 2.76 bits per heavy atom. The number of nitrogens with one attached hydrogen (secondary N) is 2. The van der Waals surface area contributed by atoms with Crippen molar-refractivity contribution in [2.75, 3.05) is 18.7 Å². The Morgan fingerprint density at radius 2 is 1.97 bits per heavy atom. The molecule has 2 aliphatic heterocycles. The molecular weight excluding hydrogens is 398 g/mol. The van der Waals surface area contributed by atoms with Gasteiger partial charge in [0.1, 0.15) is 12.1 Å². The first kappa shape index (κ1) is 19.1. The number of benzene rings is 2. The number of hydrogen-bond donors (Lipinski definition) is 2. The van der Waals surface area contributed by atoms with Crippen LogP contribution in [0.2, 0.25) is 5.02 Å². The minimum absolute atomic E-state index is 0.153. The minimum Gasteiger partial charge on any atom is -0.454 e. The molecule has 1 saturated heterocycles. The second-order valence-corrected chi connectivity index (χ2v) is 7.45. The molecule has 9 heteroatoms. The van der Waals surface area contributed by atoms with Crippen LogP contribution in [0.3, 0.4) is 0 Å². The molecule has 0 aromatic heterocycles. The zero-order valence-corrected chi connectivity index (χ0v) is 16.3. The Balaban J connectivity index is 1.45. The number of imide groups is 1. The SMILES string of the molecule is C[C@]1(Cc2ccc3c(c2)OCO3)NC(=O)N(CC(=O)Nc2ccccc2Cl)C1=O. The van der Waals surface area contributed by atoms with E-state index in [1.54, 1.807) is 43.3 Å². The van der Waals surface area contributed by atoms with E-state index in [2.05, 4.69) is 10.6 Å². The predicted molar refractivity (Wildman–Crippen MR) is 105 cm³/mol. The summed E-state index contributed by atoms with van der Waals surface area (Å²) in [5, 5.41) is 5.66. The Bertz CT molecular complexity index is 1010. The van der Waals surface area contributed by atoms with E-state index in [1.807, 2.05) is 6.07 Å². The molecule has 2 heterocycles. The summed E-state index contributed by atoms with van der Waals surface area (Å²) in [5.41, 5.74) is 0.0391. The fraction of sp³-hybridized carbons (Fsp3) is 0.250. The Hall–Kier alpha value is -3.26. The van der Waals surface area contributed by atoms with E-state index in [0.717, 1.165) is 10.5 Å². The second-order valence-electron chi connectivity index (χ2n) is 7.05. The van der Waals surface area contributed by atoms with E-state index in [9.17, 15) is 14.4 Å². The second kappa shape index (κ2) is 7.29. The van der Waals surface area contributed by atoms with Crippen LogP contribution in [-0.2, 0) is 16.0 Å². The summed E-state index contributed by atoms with van der Waals surface area (Å²) in [6.07, 6.45) is 0.247. The molecule has 2 aliphatic rings. The van der Waals surface area contributed by atoms with Crippen LogP contribution in [0.4, 0.5) is 10.5 Å². The largest absolute Gasteiger partial charge is 0.454 e. The lowest BCUT2D eigenvalue weighted by Gasteiger charge is -2.22. The molecule has 29 heavy (non-hydrogen) atoms. The predicted octanol–water partition coefficient (Wildman–Crippen LogP) is 2.56. The number of halogens is 1. The molecule has 0 spiro atoms. The van der Waals surface area contributed by atoms with Crippen molar-refractivity contribution in [1.82, 2.24) is 10.2 Å². The van der Waals surface area contributed by atoms with Crippen molar-refractivity contribution in [3.05, 3.63) is 53.1 Å². The molecule has 0 unspecified atom stereocenters. The monoisotopic (exact) mass is 415 g/mol. The molecule has 150 valence electrons. The van der Waals surface area contributed by atoms with Crippen LogP contribution >= 0.6 is 11.6 Å². The van der Waals surface area contributed by atoms with E-state index >= 15 is 0 Å². The van der Waals surface area contributed by atoms with Gasteiger partial charge in [0, 0.05) is 6.42 Å². The van der Waals surface area contributed by atoms with Gasteiger partial charge in [-0.3, -0.25) is 14.5 Å². The summed E-state index contributed by atoms with van der Waals surface area (Å²) in [6.45, 7) is 1.37. The maximum atomic E-state index is 12.9. The molecule has 2 aromatic rings. The van der Waals surface area contributed by atoms with Crippen LogP contribution in [0, 0.1) is 0 Å². The lowest BCUT2D eigenvalue weighted by atomic mass is 9.92. The third kappa shape index (κ3) is 3.71. The summed E-state index contributed by atoms with van der Waals surface area (Å²) >= 11 is 6.02. The standard InChI is InChI=1S/C20H18ClN3O5/c1-20(9-12-6-7-15-16(8-12)29-11-28-15)18(26)24(19(27)23-20)10-17(25)22-14-5-3-2-4-13(14)21/h2-8H,9-11H2,1H3,(H,22,25)(H,23,27)/t20-/m1/s1. The molecule has 2 aromatic carbocycles. The number of rotatable bonds is 5.